The lowest BCUT2D eigenvalue weighted by Crippen LogP contribution is -2.41. The molecule has 2 heterocycles. The minimum Gasteiger partial charge on any atom is -0.383 e. The van der Waals surface area contributed by atoms with Crippen LogP contribution in [0.3, 0.4) is 0 Å². The smallest absolute Gasteiger partial charge is 0.330 e. The number of H-pyrrole nitrogens is 1. The topological polar surface area (TPSA) is 119 Å². The second kappa shape index (κ2) is 11.0. The number of nitrogen functional groups attached to an aromatic ring is 1. The quantitative estimate of drug-likeness (QED) is 0.457. The molecule has 3 N–H and O–H groups in total. The highest BCUT2D eigenvalue weighted by molar-refractivity contribution is 6.05. The zero-order valence-corrected chi connectivity index (χ0v) is 21.0. The Bertz CT molecular complexity index is 1330. The Labute approximate surface area is 204 Å². The highest BCUT2D eigenvalue weighted by Crippen LogP contribution is 2.22. The van der Waals surface area contributed by atoms with Crippen LogP contribution >= 0.6 is 0 Å². The molecule has 3 rings (SSSR count). The Morgan fingerprint density at radius 1 is 1.20 bits per heavy atom. The molecule has 0 fully saturated rings. The maximum absolute atomic E-state index is 13.4. The standard InChI is InChI=1S/C26H34N6O3/c1-6-7-15-30(23-24(27)31(16-17(2)3)26(35)28-25(23)34)22(33)14-13-21-18(4)29-32(19(21)5)20-11-9-8-10-12-20/h8-14,17H,6-7,15-16,27H2,1-5H3,(H,28,34,35)/b14-13+. The second-order valence-corrected chi connectivity index (χ2v) is 9.01. The first kappa shape index (κ1) is 25.7. The Balaban J connectivity index is 2.01. The summed E-state index contributed by atoms with van der Waals surface area (Å²) in [7, 11) is 0. The van der Waals surface area contributed by atoms with E-state index in [1.165, 1.54) is 15.5 Å². The predicted molar refractivity (Wildman–Crippen MR) is 140 cm³/mol. The van der Waals surface area contributed by atoms with Crippen LogP contribution in [-0.4, -0.2) is 31.8 Å². The fraction of sp³-hybridized carbons (Fsp3) is 0.385. The van der Waals surface area contributed by atoms with Crippen molar-refractivity contribution < 1.29 is 4.79 Å². The van der Waals surface area contributed by atoms with Crippen LogP contribution < -0.4 is 21.9 Å². The molecule has 3 aromatic rings. The van der Waals surface area contributed by atoms with E-state index in [1.54, 1.807) is 6.08 Å². The van der Waals surface area contributed by atoms with Crippen LogP contribution in [0.25, 0.3) is 11.8 Å². The fourth-order valence-corrected chi connectivity index (χ4v) is 3.99. The number of carbonyl (C=O) groups is 1. The summed E-state index contributed by atoms with van der Waals surface area (Å²) < 4.78 is 3.15. The van der Waals surface area contributed by atoms with Crippen LogP contribution in [0.2, 0.25) is 0 Å². The van der Waals surface area contributed by atoms with E-state index in [9.17, 15) is 14.4 Å². The average Bonchev–Trinajstić information content (AvgIpc) is 3.10. The van der Waals surface area contributed by atoms with Gasteiger partial charge in [0.1, 0.15) is 5.82 Å². The molecule has 0 bridgehead atoms. The summed E-state index contributed by atoms with van der Waals surface area (Å²) in [4.78, 5) is 42.2. The van der Waals surface area contributed by atoms with Crippen molar-refractivity contribution in [3.8, 4) is 5.69 Å². The maximum Gasteiger partial charge on any atom is 0.330 e. The Morgan fingerprint density at radius 2 is 1.89 bits per heavy atom. The first-order valence-corrected chi connectivity index (χ1v) is 11.9. The van der Waals surface area contributed by atoms with E-state index >= 15 is 0 Å². The van der Waals surface area contributed by atoms with Crippen molar-refractivity contribution in [2.45, 2.75) is 54.0 Å². The largest absolute Gasteiger partial charge is 0.383 e. The van der Waals surface area contributed by atoms with Gasteiger partial charge in [0.15, 0.2) is 5.69 Å². The molecule has 0 unspecified atom stereocenters. The minimum atomic E-state index is -0.672. The third kappa shape index (κ3) is 5.62. The summed E-state index contributed by atoms with van der Waals surface area (Å²) in [5.74, 6) is -0.272. The van der Waals surface area contributed by atoms with E-state index in [4.69, 9.17) is 5.73 Å². The molecule has 2 aromatic heterocycles. The molecule has 0 aliphatic rings. The van der Waals surface area contributed by atoms with Gasteiger partial charge in [0, 0.05) is 30.4 Å². The third-order valence-electron chi connectivity index (χ3n) is 5.77. The summed E-state index contributed by atoms with van der Waals surface area (Å²) in [5, 5.41) is 4.62. The van der Waals surface area contributed by atoms with Crippen LogP contribution in [0.5, 0.6) is 0 Å². The lowest BCUT2D eigenvalue weighted by Gasteiger charge is -2.23. The van der Waals surface area contributed by atoms with Gasteiger partial charge in [0.2, 0.25) is 0 Å². The van der Waals surface area contributed by atoms with Crippen LogP contribution in [0.4, 0.5) is 11.5 Å². The van der Waals surface area contributed by atoms with Crippen LogP contribution in [0.1, 0.15) is 50.6 Å². The number of aromatic amines is 1. The van der Waals surface area contributed by atoms with Crippen molar-refractivity contribution in [2.75, 3.05) is 17.2 Å². The molecule has 1 aromatic carbocycles. The van der Waals surface area contributed by atoms with E-state index in [2.05, 4.69) is 10.1 Å². The number of benzene rings is 1. The zero-order chi connectivity index (χ0) is 25.7. The monoisotopic (exact) mass is 478 g/mol. The first-order chi connectivity index (χ1) is 16.6. The van der Waals surface area contributed by atoms with Gasteiger partial charge in [-0.05, 0) is 44.4 Å². The number of hydrogen-bond donors (Lipinski definition) is 2. The minimum absolute atomic E-state index is 0.00164. The Hall–Kier alpha value is -3.88. The van der Waals surface area contributed by atoms with Gasteiger partial charge in [-0.15, -0.1) is 0 Å². The van der Waals surface area contributed by atoms with Crippen molar-refractivity contribution >= 4 is 23.5 Å². The third-order valence-corrected chi connectivity index (χ3v) is 5.77. The van der Waals surface area contributed by atoms with Gasteiger partial charge in [0.25, 0.3) is 11.5 Å². The number of anilines is 2. The van der Waals surface area contributed by atoms with E-state index in [1.807, 2.05) is 69.6 Å². The molecule has 35 heavy (non-hydrogen) atoms. The highest BCUT2D eigenvalue weighted by Gasteiger charge is 2.23. The van der Waals surface area contributed by atoms with E-state index < -0.39 is 17.2 Å². The molecule has 0 aliphatic carbocycles. The zero-order valence-electron chi connectivity index (χ0n) is 21.0. The van der Waals surface area contributed by atoms with Crippen molar-refractivity contribution in [3.05, 3.63) is 74.2 Å². The Morgan fingerprint density at radius 3 is 2.51 bits per heavy atom. The number of para-hydroxylation sites is 1. The van der Waals surface area contributed by atoms with Gasteiger partial charge in [-0.3, -0.25) is 19.1 Å². The second-order valence-electron chi connectivity index (χ2n) is 9.01. The fourth-order valence-electron chi connectivity index (χ4n) is 3.99. The molecule has 186 valence electrons. The number of nitrogens with two attached hydrogens (primary N) is 1. The van der Waals surface area contributed by atoms with Gasteiger partial charge < -0.3 is 10.6 Å². The summed E-state index contributed by atoms with van der Waals surface area (Å²) in [6.45, 7) is 10.3. The summed E-state index contributed by atoms with van der Waals surface area (Å²) in [6.07, 6.45) is 4.64. The molecule has 9 nitrogen and oxygen atoms in total. The van der Waals surface area contributed by atoms with Gasteiger partial charge in [0.05, 0.1) is 11.4 Å². The molecule has 0 spiro atoms. The Kier molecular flexibility index (Phi) is 8.11. The van der Waals surface area contributed by atoms with Crippen molar-refractivity contribution in [2.24, 2.45) is 5.92 Å². The number of nitrogens with zero attached hydrogens (tertiary/aromatic N) is 4. The lowest BCUT2D eigenvalue weighted by molar-refractivity contribution is -0.114. The average molecular weight is 479 g/mol. The van der Waals surface area contributed by atoms with Crippen molar-refractivity contribution in [1.29, 1.82) is 0 Å². The normalized spacial score (nSPS) is 11.5. The number of hydrogen-bond acceptors (Lipinski definition) is 5. The number of nitrogens with one attached hydrogen (secondary N) is 1. The SMILES string of the molecule is CCCCN(C(=O)/C=C/c1c(C)nn(-c2ccccc2)c1C)c1c(N)n(CC(C)C)c(=O)[nH]c1=O. The molecular weight excluding hydrogens is 444 g/mol. The molecule has 0 saturated heterocycles. The molecule has 0 saturated carbocycles. The number of aryl methyl sites for hydroxylation is 1. The summed E-state index contributed by atoms with van der Waals surface area (Å²) in [5.41, 5.74) is 8.44. The van der Waals surface area contributed by atoms with Crippen LogP contribution in [-0.2, 0) is 11.3 Å². The molecule has 9 heteroatoms. The summed E-state index contributed by atoms with van der Waals surface area (Å²) in [6, 6.07) is 9.75. The van der Waals surface area contributed by atoms with E-state index in [0.29, 0.717) is 19.5 Å². The van der Waals surface area contributed by atoms with Crippen LogP contribution in [0, 0.1) is 19.8 Å². The molecule has 0 radical (unpaired) electrons. The number of unbranched alkanes of at least 4 members (excludes halogenated alkanes) is 1. The van der Waals surface area contributed by atoms with Crippen LogP contribution in [0.15, 0.2) is 46.0 Å². The molecular formula is C26H34N6O3. The lowest BCUT2D eigenvalue weighted by atomic mass is 10.1. The highest BCUT2D eigenvalue weighted by atomic mass is 16.2. The molecule has 1 amide bonds. The maximum atomic E-state index is 13.4. The van der Waals surface area contributed by atoms with E-state index in [-0.39, 0.29) is 17.4 Å². The number of carbonyl (C=O) groups excluding carboxylic acids is 1. The van der Waals surface area contributed by atoms with Gasteiger partial charge >= 0.3 is 5.69 Å². The summed E-state index contributed by atoms with van der Waals surface area (Å²) >= 11 is 0. The van der Waals surface area contributed by atoms with E-state index in [0.717, 1.165) is 29.1 Å². The van der Waals surface area contributed by atoms with Gasteiger partial charge in [-0.2, -0.15) is 5.10 Å². The van der Waals surface area contributed by atoms with Crippen molar-refractivity contribution in [3.63, 3.8) is 0 Å². The number of amides is 1. The van der Waals surface area contributed by atoms with Gasteiger partial charge in [-0.25, -0.2) is 9.48 Å². The van der Waals surface area contributed by atoms with Crippen molar-refractivity contribution in [1.82, 2.24) is 19.3 Å². The molecule has 0 atom stereocenters. The molecule has 0 aliphatic heterocycles. The number of aromatic nitrogens is 4. The van der Waals surface area contributed by atoms with Gasteiger partial charge in [-0.1, -0.05) is 45.4 Å². The number of rotatable bonds is 9. The first-order valence-electron chi connectivity index (χ1n) is 11.9. The predicted octanol–water partition coefficient (Wildman–Crippen LogP) is 3.42.